The number of thiophene rings is 1. The molecule has 0 spiro atoms. The summed E-state index contributed by atoms with van der Waals surface area (Å²) in [5.41, 5.74) is 1.34. The first kappa shape index (κ1) is 16.0. The summed E-state index contributed by atoms with van der Waals surface area (Å²) in [6, 6.07) is 2.03. The molecule has 0 radical (unpaired) electrons. The van der Waals surface area contributed by atoms with Gasteiger partial charge in [0.15, 0.2) is 0 Å². The van der Waals surface area contributed by atoms with Crippen molar-refractivity contribution in [2.24, 2.45) is 5.92 Å². The number of hydrogen-bond acceptors (Lipinski definition) is 4. The zero-order valence-electron chi connectivity index (χ0n) is 12.7. The lowest BCUT2D eigenvalue weighted by molar-refractivity contribution is -0.142. The first-order valence-electron chi connectivity index (χ1n) is 7.69. The second-order valence-electron chi connectivity index (χ2n) is 5.39. The zero-order valence-corrected chi connectivity index (χ0v) is 13.6. The Morgan fingerprint density at radius 3 is 2.95 bits per heavy atom. The molecule has 4 nitrogen and oxygen atoms in total. The summed E-state index contributed by atoms with van der Waals surface area (Å²) in [5.74, 6) is 0.410. The Balaban J connectivity index is 1.86. The fourth-order valence-electron chi connectivity index (χ4n) is 2.66. The van der Waals surface area contributed by atoms with Crippen LogP contribution in [0.3, 0.4) is 0 Å². The number of esters is 1. The van der Waals surface area contributed by atoms with Gasteiger partial charge in [-0.3, -0.25) is 9.59 Å². The van der Waals surface area contributed by atoms with Crippen LogP contribution < -0.4 is 5.32 Å². The number of carbonyl (C=O) groups excluding carboxylic acids is 2. The first-order valence-corrected chi connectivity index (χ1v) is 8.51. The summed E-state index contributed by atoms with van der Waals surface area (Å²) in [4.78, 5) is 25.4. The number of aryl methyl sites for hydroxylation is 1. The highest BCUT2D eigenvalue weighted by Crippen LogP contribution is 2.33. The molecule has 21 heavy (non-hydrogen) atoms. The predicted molar refractivity (Wildman–Crippen MR) is 83.7 cm³/mol. The maximum Gasteiger partial charge on any atom is 0.307 e. The maximum atomic E-state index is 12.1. The Kier molecular flexibility index (Phi) is 5.79. The SMILES string of the molecule is CCOC(=O)CCNC(=O)c1cc2c(s1)CCC(CC)C2. The van der Waals surface area contributed by atoms with Crippen molar-refractivity contribution >= 4 is 23.2 Å². The van der Waals surface area contributed by atoms with Gasteiger partial charge in [0.2, 0.25) is 0 Å². The van der Waals surface area contributed by atoms with E-state index >= 15 is 0 Å². The zero-order chi connectivity index (χ0) is 15.2. The van der Waals surface area contributed by atoms with Crippen molar-refractivity contribution in [3.05, 3.63) is 21.4 Å². The number of fused-ring (bicyclic) bond motifs is 1. The largest absolute Gasteiger partial charge is 0.466 e. The number of ether oxygens (including phenoxy) is 1. The molecule has 0 aromatic carbocycles. The molecule has 1 N–H and O–H groups in total. The van der Waals surface area contributed by atoms with Gasteiger partial charge in [0.05, 0.1) is 17.9 Å². The van der Waals surface area contributed by atoms with Crippen LogP contribution >= 0.6 is 11.3 Å². The highest BCUT2D eigenvalue weighted by molar-refractivity contribution is 7.14. The minimum atomic E-state index is -0.269. The van der Waals surface area contributed by atoms with E-state index in [2.05, 4.69) is 12.2 Å². The lowest BCUT2D eigenvalue weighted by Crippen LogP contribution is -2.25. The van der Waals surface area contributed by atoms with E-state index < -0.39 is 0 Å². The molecular formula is C16H23NO3S. The molecule has 1 amide bonds. The van der Waals surface area contributed by atoms with Gasteiger partial charge in [-0.25, -0.2) is 0 Å². The van der Waals surface area contributed by atoms with Gasteiger partial charge in [-0.2, -0.15) is 0 Å². The second kappa shape index (κ2) is 7.59. The van der Waals surface area contributed by atoms with Crippen LogP contribution in [-0.4, -0.2) is 25.0 Å². The molecule has 5 heteroatoms. The average Bonchev–Trinajstić information content (AvgIpc) is 2.90. The average molecular weight is 309 g/mol. The molecule has 1 unspecified atom stereocenters. The molecule has 2 rings (SSSR count). The highest BCUT2D eigenvalue weighted by Gasteiger charge is 2.21. The lowest BCUT2D eigenvalue weighted by Gasteiger charge is -2.19. The van der Waals surface area contributed by atoms with Crippen molar-refractivity contribution in [2.75, 3.05) is 13.2 Å². The fraction of sp³-hybridized carbons (Fsp3) is 0.625. The van der Waals surface area contributed by atoms with Crippen molar-refractivity contribution in [3.8, 4) is 0 Å². The van der Waals surface area contributed by atoms with Crippen LogP contribution in [0.4, 0.5) is 0 Å². The van der Waals surface area contributed by atoms with Gasteiger partial charge in [-0.15, -0.1) is 11.3 Å². The van der Waals surface area contributed by atoms with Crippen molar-refractivity contribution in [2.45, 2.75) is 46.0 Å². The molecule has 1 aromatic rings. The number of amides is 1. The minimum Gasteiger partial charge on any atom is -0.466 e. The van der Waals surface area contributed by atoms with E-state index in [1.165, 1.54) is 23.3 Å². The van der Waals surface area contributed by atoms with Crippen LogP contribution in [0.25, 0.3) is 0 Å². The van der Waals surface area contributed by atoms with E-state index in [-0.39, 0.29) is 18.3 Å². The summed E-state index contributed by atoms with van der Waals surface area (Å²) >= 11 is 1.60. The molecule has 1 aliphatic rings. The van der Waals surface area contributed by atoms with Crippen molar-refractivity contribution < 1.29 is 14.3 Å². The highest BCUT2D eigenvalue weighted by atomic mass is 32.1. The van der Waals surface area contributed by atoms with Gasteiger partial charge in [0, 0.05) is 11.4 Å². The third kappa shape index (κ3) is 4.30. The Morgan fingerprint density at radius 1 is 1.43 bits per heavy atom. The molecule has 1 atom stereocenters. The fourth-order valence-corrected chi connectivity index (χ4v) is 3.78. The van der Waals surface area contributed by atoms with Gasteiger partial charge in [-0.1, -0.05) is 13.3 Å². The number of carbonyl (C=O) groups is 2. The van der Waals surface area contributed by atoms with E-state index in [0.717, 1.165) is 23.6 Å². The number of rotatable bonds is 6. The van der Waals surface area contributed by atoms with E-state index in [1.54, 1.807) is 18.3 Å². The molecule has 1 aromatic heterocycles. The molecule has 1 aliphatic carbocycles. The van der Waals surface area contributed by atoms with Crippen LogP contribution in [-0.2, 0) is 22.4 Å². The molecule has 0 bridgehead atoms. The topological polar surface area (TPSA) is 55.4 Å². The standard InChI is InChI=1S/C16H23NO3S/c1-3-11-5-6-13-12(9-11)10-14(21-13)16(19)17-8-7-15(18)20-4-2/h10-11H,3-9H2,1-2H3,(H,17,19). The van der Waals surface area contributed by atoms with Crippen LogP contribution in [0, 0.1) is 5.92 Å². The molecule has 0 aliphatic heterocycles. The van der Waals surface area contributed by atoms with Crippen molar-refractivity contribution in [3.63, 3.8) is 0 Å². The summed E-state index contributed by atoms with van der Waals surface area (Å²) in [5, 5.41) is 2.79. The van der Waals surface area contributed by atoms with Crippen LogP contribution in [0.2, 0.25) is 0 Å². The maximum absolute atomic E-state index is 12.1. The van der Waals surface area contributed by atoms with Crippen molar-refractivity contribution in [1.82, 2.24) is 5.32 Å². The molecule has 0 saturated heterocycles. The molecular weight excluding hydrogens is 286 g/mol. The van der Waals surface area contributed by atoms with E-state index in [0.29, 0.717) is 13.2 Å². The summed E-state index contributed by atoms with van der Waals surface area (Å²) in [6.07, 6.45) is 4.85. The molecule has 0 fully saturated rings. The van der Waals surface area contributed by atoms with Gasteiger partial charge in [-0.05, 0) is 43.7 Å². The quantitative estimate of drug-likeness (QED) is 0.822. The Labute approximate surface area is 129 Å². The van der Waals surface area contributed by atoms with Gasteiger partial charge >= 0.3 is 5.97 Å². The third-order valence-electron chi connectivity index (χ3n) is 3.91. The first-order chi connectivity index (χ1) is 10.1. The third-order valence-corrected chi connectivity index (χ3v) is 5.14. The van der Waals surface area contributed by atoms with Crippen LogP contribution in [0.1, 0.15) is 53.2 Å². The summed E-state index contributed by atoms with van der Waals surface area (Å²) in [7, 11) is 0. The van der Waals surface area contributed by atoms with Crippen LogP contribution in [0.5, 0.6) is 0 Å². The normalized spacial score (nSPS) is 17.1. The van der Waals surface area contributed by atoms with Gasteiger partial charge < -0.3 is 10.1 Å². The summed E-state index contributed by atoms with van der Waals surface area (Å²) in [6.45, 7) is 4.71. The Hall–Kier alpha value is -1.36. The van der Waals surface area contributed by atoms with Gasteiger partial charge in [0.1, 0.15) is 0 Å². The molecule has 1 heterocycles. The smallest absolute Gasteiger partial charge is 0.307 e. The monoisotopic (exact) mass is 309 g/mol. The van der Waals surface area contributed by atoms with E-state index in [1.807, 2.05) is 6.07 Å². The van der Waals surface area contributed by atoms with Crippen LogP contribution in [0.15, 0.2) is 6.07 Å². The Morgan fingerprint density at radius 2 is 2.24 bits per heavy atom. The lowest BCUT2D eigenvalue weighted by atomic mass is 9.87. The predicted octanol–water partition coefficient (Wildman–Crippen LogP) is 2.95. The molecule has 116 valence electrons. The molecule has 0 saturated carbocycles. The summed E-state index contributed by atoms with van der Waals surface area (Å²) < 4.78 is 4.83. The number of nitrogens with one attached hydrogen (secondary N) is 1. The van der Waals surface area contributed by atoms with E-state index in [4.69, 9.17) is 4.74 Å². The van der Waals surface area contributed by atoms with Crippen molar-refractivity contribution in [1.29, 1.82) is 0 Å². The van der Waals surface area contributed by atoms with Gasteiger partial charge in [0.25, 0.3) is 5.91 Å². The Bertz CT molecular complexity index is 510. The number of hydrogen-bond donors (Lipinski definition) is 1. The minimum absolute atomic E-state index is 0.0771. The second-order valence-corrected chi connectivity index (χ2v) is 6.52. The van der Waals surface area contributed by atoms with E-state index in [9.17, 15) is 9.59 Å².